The highest BCUT2D eigenvalue weighted by Gasteiger charge is 2.08. The van der Waals surface area contributed by atoms with E-state index in [-0.39, 0.29) is 17.4 Å². The van der Waals surface area contributed by atoms with Gasteiger partial charge in [-0.05, 0) is 18.2 Å². The zero-order chi connectivity index (χ0) is 21.3. The Morgan fingerprint density at radius 3 is 2.77 bits per heavy atom. The number of hydrogen-bond acceptors (Lipinski definition) is 7. The van der Waals surface area contributed by atoms with E-state index >= 15 is 0 Å². The third-order valence-corrected chi connectivity index (χ3v) is 5.00. The monoisotopic (exact) mass is 445 g/mol. The minimum Gasteiger partial charge on any atom is -0.488 e. The van der Waals surface area contributed by atoms with Gasteiger partial charge in [-0.25, -0.2) is 15.3 Å². The lowest BCUT2D eigenvalue weighted by Gasteiger charge is -2.10. The summed E-state index contributed by atoms with van der Waals surface area (Å²) in [6.07, 6.45) is 1.45. The maximum atomic E-state index is 11.9. The first-order valence-electron chi connectivity index (χ1n) is 8.62. The molecule has 0 bridgehead atoms. The fraction of sp³-hybridized carbons (Fsp3) is 0.105. The quantitative estimate of drug-likeness (QED) is 0.276. The Hall–Kier alpha value is -3.37. The van der Waals surface area contributed by atoms with Crippen molar-refractivity contribution in [3.8, 4) is 5.75 Å². The van der Waals surface area contributed by atoms with E-state index in [1.165, 1.54) is 6.21 Å². The van der Waals surface area contributed by atoms with Gasteiger partial charge >= 0.3 is 5.69 Å². The minimum atomic E-state index is -0.714. The van der Waals surface area contributed by atoms with Crippen molar-refractivity contribution < 1.29 is 9.53 Å². The van der Waals surface area contributed by atoms with E-state index in [1.807, 2.05) is 35.3 Å². The number of thioether (sulfide) groups is 1. The van der Waals surface area contributed by atoms with Crippen molar-refractivity contribution in [2.75, 3.05) is 5.75 Å². The van der Waals surface area contributed by atoms with Crippen molar-refractivity contribution in [2.45, 2.75) is 11.6 Å². The van der Waals surface area contributed by atoms with Crippen LogP contribution in [0.2, 0.25) is 5.02 Å². The van der Waals surface area contributed by atoms with Crippen molar-refractivity contribution in [1.82, 2.24) is 20.6 Å². The third-order valence-electron chi connectivity index (χ3n) is 3.67. The second-order valence-electron chi connectivity index (χ2n) is 5.81. The summed E-state index contributed by atoms with van der Waals surface area (Å²) in [6.45, 7) is 0.286. The van der Waals surface area contributed by atoms with Crippen LogP contribution in [0.3, 0.4) is 0 Å². The van der Waals surface area contributed by atoms with Gasteiger partial charge in [0.15, 0.2) is 5.03 Å². The summed E-state index contributed by atoms with van der Waals surface area (Å²) in [5.74, 6) is 0.0243. The highest BCUT2D eigenvalue weighted by Crippen LogP contribution is 2.20. The van der Waals surface area contributed by atoms with Crippen LogP contribution in [-0.4, -0.2) is 33.1 Å². The highest BCUT2D eigenvalue weighted by molar-refractivity contribution is 7.99. The smallest absolute Gasteiger partial charge is 0.342 e. The Morgan fingerprint density at radius 1 is 1.20 bits per heavy atom. The normalized spacial score (nSPS) is 10.8. The number of para-hydroxylation sites is 1. The number of halogens is 1. The molecule has 11 heteroatoms. The summed E-state index contributed by atoms with van der Waals surface area (Å²) in [4.78, 5) is 36.4. The summed E-state index contributed by atoms with van der Waals surface area (Å²) in [7, 11) is 0. The molecule has 0 unspecified atom stereocenters. The summed E-state index contributed by atoms with van der Waals surface area (Å²) in [5, 5.41) is 10.2. The molecule has 3 N–H and O–H groups in total. The van der Waals surface area contributed by atoms with Gasteiger partial charge in [0.1, 0.15) is 12.4 Å². The van der Waals surface area contributed by atoms with E-state index < -0.39 is 17.2 Å². The number of rotatable bonds is 8. The summed E-state index contributed by atoms with van der Waals surface area (Å²) in [5.41, 5.74) is 2.50. The first-order valence-corrected chi connectivity index (χ1v) is 9.98. The molecule has 154 valence electrons. The molecule has 0 aliphatic rings. The summed E-state index contributed by atoms with van der Waals surface area (Å²) < 4.78 is 5.82. The lowest BCUT2D eigenvalue weighted by atomic mass is 10.2. The topological polar surface area (TPSA) is 129 Å². The highest BCUT2D eigenvalue weighted by atomic mass is 35.5. The Labute approximate surface area is 179 Å². The van der Waals surface area contributed by atoms with Crippen LogP contribution in [0.5, 0.6) is 5.75 Å². The molecule has 0 radical (unpaired) electrons. The number of carbonyl (C=O) groups is 1. The largest absolute Gasteiger partial charge is 0.488 e. The summed E-state index contributed by atoms with van der Waals surface area (Å²) in [6, 6.07) is 14.6. The number of nitrogens with zero attached hydrogens (tertiary/aromatic N) is 2. The molecule has 1 aromatic heterocycles. The van der Waals surface area contributed by atoms with E-state index in [9.17, 15) is 14.4 Å². The van der Waals surface area contributed by atoms with E-state index in [0.29, 0.717) is 16.3 Å². The van der Waals surface area contributed by atoms with Crippen LogP contribution in [0, 0.1) is 0 Å². The second kappa shape index (κ2) is 10.4. The predicted molar refractivity (Wildman–Crippen MR) is 114 cm³/mol. The van der Waals surface area contributed by atoms with E-state index in [4.69, 9.17) is 16.3 Å². The number of H-pyrrole nitrogens is 2. The van der Waals surface area contributed by atoms with Crippen molar-refractivity contribution >= 4 is 35.5 Å². The zero-order valence-electron chi connectivity index (χ0n) is 15.4. The number of nitrogens with one attached hydrogen (secondary N) is 3. The standard InChI is InChI=1S/C19H16ClN5O4S/c20-14-7-3-1-6-13(14)10-29-15-8-4-2-5-12(15)9-21-23-16(26)11-30-18-17(27)22-19(28)25-24-18/h1-9H,10-11H2,(H,23,26)(H2,22,25,27,28)/b21-9+. The van der Waals surface area contributed by atoms with Crippen LogP contribution in [0.15, 0.2) is 68.2 Å². The minimum absolute atomic E-state index is 0.0213. The molecular formula is C19H16ClN5O4S. The van der Waals surface area contributed by atoms with Crippen molar-refractivity contribution in [2.24, 2.45) is 5.10 Å². The van der Waals surface area contributed by atoms with E-state index in [0.717, 1.165) is 17.3 Å². The number of benzene rings is 2. The molecule has 0 atom stereocenters. The van der Waals surface area contributed by atoms with Crippen LogP contribution < -0.4 is 21.4 Å². The van der Waals surface area contributed by atoms with Gasteiger partial charge in [-0.2, -0.15) is 10.2 Å². The molecule has 3 aromatic rings. The van der Waals surface area contributed by atoms with E-state index in [1.54, 1.807) is 18.2 Å². The van der Waals surface area contributed by atoms with Crippen molar-refractivity contribution in [3.63, 3.8) is 0 Å². The van der Waals surface area contributed by atoms with Crippen molar-refractivity contribution in [1.29, 1.82) is 0 Å². The molecule has 0 aliphatic carbocycles. The Morgan fingerprint density at radius 2 is 1.97 bits per heavy atom. The number of hydrogen-bond donors (Lipinski definition) is 3. The Kier molecular flexibility index (Phi) is 7.41. The molecule has 0 saturated heterocycles. The first-order chi connectivity index (χ1) is 14.5. The third kappa shape index (κ3) is 6.06. The van der Waals surface area contributed by atoms with Crippen LogP contribution in [0.4, 0.5) is 0 Å². The molecule has 2 aromatic carbocycles. The van der Waals surface area contributed by atoms with Gasteiger partial charge in [-0.1, -0.05) is 53.7 Å². The molecule has 0 spiro atoms. The fourth-order valence-corrected chi connectivity index (χ4v) is 3.08. The lowest BCUT2D eigenvalue weighted by Crippen LogP contribution is -2.26. The fourth-order valence-electron chi connectivity index (χ4n) is 2.26. The zero-order valence-corrected chi connectivity index (χ0v) is 17.0. The van der Waals surface area contributed by atoms with Gasteiger partial charge in [0.25, 0.3) is 5.56 Å². The SMILES string of the molecule is O=C(CSc1n[nH]c(=O)[nH]c1=O)N/N=C/c1ccccc1OCc1ccccc1Cl. The summed E-state index contributed by atoms with van der Waals surface area (Å²) >= 11 is 7.01. The van der Waals surface area contributed by atoms with Gasteiger partial charge in [-0.15, -0.1) is 0 Å². The number of aromatic nitrogens is 3. The van der Waals surface area contributed by atoms with Gasteiger partial charge in [0.2, 0.25) is 5.91 Å². The molecule has 1 heterocycles. The lowest BCUT2D eigenvalue weighted by molar-refractivity contribution is -0.118. The first kappa shape index (κ1) is 21.3. The van der Waals surface area contributed by atoms with Crippen LogP contribution >= 0.6 is 23.4 Å². The average molecular weight is 446 g/mol. The Bertz CT molecular complexity index is 1180. The second-order valence-corrected chi connectivity index (χ2v) is 7.18. The number of ether oxygens (including phenoxy) is 1. The van der Waals surface area contributed by atoms with Crippen LogP contribution in [-0.2, 0) is 11.4 Å². The number of hydrazone groups is 1. The van der Waals surface area contributed by atoms with Gasteiger partial charge in [0.05, 0.1) is 12.0 Å². The molecule has 30 heavy (non-hydrogen) atoms. The molecule has 0 fully saturated rings. The molecule has 9 nitrogen and oxygen atoms in total. The Balaban J connectivity index is 1.55. The molecule has 1 amide bonds. The maximum Gasteiger partial charge on any atom is 0.342 e. The maximum absolute atomic E-state index is 11.9. The van der Waals surface area contributed by atoms with Gasteiger partial charge in [-0.3, -0.25) is 14.6 Å². The average Bonchev–Trinajstić information content (AvgIpc) is 2.73. The number of carbonyl (C=O) groups excluding carboxylic acids is 1. The van der Waals surface area contributed by atoms with Crippen LogP contribution in [0.25, 0.3) is 0 Å². The van der Waals surface area contributed by atoms with E-state index in [2.05, 4.69) is 20.7 Å². The predicted octanol–water partition coefficient (Wildman–Crippen LogP) is 1.93. The molecule has 3 rings (SSSR count). The van der Waals surface area contributed by atoms with Crippen LogP contribution in [0.1, 0.15) is 11.1 Å². The molecular weight excluding hydrogens is 430 g/mol. The number of aromatic amines is 2. The molecule has 0 aliphatic heterocycles. The van der Waals surface area contributed by atoms with Gasteiger partial charge in [0, 0.05) is 16.1 Å². The van der Waals surface area contributed by atoms with Gasteiger partial charge < -0.3 is 4.74 Å². The number of amides is 1. The molecule has 0 saturated carbocycles. The van der Waals surface area contributed by atoms with Crippen molar-refractivity contribution in [3.05, 3.63) is 85.5 Å².